The molecule has 3 rings (SSSR count). The monoisotopic (exact) mass is 402 g/mol. The predicted octanol–water partition coefficient (Wildman–Crippen LogP) is 3.90. The maximum absolute atomic E-state index is 14.8. The molecule has 0 aromatic rings. The van der Waals surface area contributed by atoms with E-state index < -0.39 is 11.3 Å². The summed E-state index contributed by atoms with van der Waals surface area (Å²) in [5.74, 6) is -2.64. The van der Waals surface area contributed by atoms with Gasteiger partial charge in [-0.2, -0.15) is 0 Å². The fourth-order valence-electron chi connectivity index (χ4n) is 5.99. The van der Waals surface area contributed by atoms with Crippen molar-refractivity contribution in [1.29, 1.82) is 0 Å². The van der Waals surface area contributed by atoms with Gasteiger partial charge in [-0.15, -0.1) is 0 Å². The third-order valence-corrected chi connectivity index (χ3v) is 6.57. The van der Waals surface area contributed by atoms with Gasteiger partial charge in [0.05, 0.1) is 25.4 Å². The first-order valence-corrected chi connectivity index (χ1v) is 10.7. The normalized spacial score (nSPS) is 28.7. The van der Waals surface area contributed by atoms with E-state index in [-0.39, 0.29) is 24.5 Å². The molecule has 1 spiro atoms. The third kappa shape index (κ3) is 5.65. The smallest absolute Gasteiger partial charge is 0.261 e. The summed E-state index contributed by atoms with van der Waals surface area (Å²) in [6.07, 6.45) is 3.14. The molecule has 2 saturated heterocycles. The summed E-state index contributed by atoms with van der Waals surface area (Å²) in [5, 5.41) is 0. The molecule has 3 aliphatic rings. The van der Waals surface area contributed by atoms with E-state index in [9.17, 15) is 8.78 Å². The van der Waals surface area contributed by atoms with Crippen molar-refractivity contribution < 1.29 is 18.3 Å². The van der Waals surface area contributed by atoms with E-state index in [1.165, 1.54) is 0 Å². The van der Waals surface area contributed by atoms with Crippen molar-refractivity contribution in [2.75, 3.05) is 53.5 Å². The van der Waals surface area contributed by atoms with Crippen LogP contribution in [0.1, 0.15) is 53.4 Å². The molecule has 1 saturated carbocycles. The van der Waals surface area contributed by atoms with Crippen LogP contribution in [0.5, 0.6) is 0 Å². The van der Waals surface area contributed by atoms with Crippen LogP contribution in [0, 0.1) is 16.2 Å². The van der Waals surface area contributed by atoms with Crippen molar-refractivity contribution in [2.24, 2.45) is 16.2 Å². The lowest BCUT2D eigenvalue weighted by atomic mass is 9.71. The van der Waals surface area contributed by atoms with Gasteiger partial charge in [0, 0.05) is 45.1 Å². The van der Waals surface area contributed by atoms with Crippen LogP contribution in [-0.4, -0.2) is 81.4 Å². The maximum Gasteiger partial charge on any atom is 0.261 e. The van der Waals surface area contributed by atoms with Crippen LogP contribution in [0.25, 0.3) is 0 Å². The zero-order chi connectivity index (χ0) is 20.8. The second-order valence-electron chi connectivity index (χ2n) is 11.6. The highest BCUT2D eigenvalue weighted by molar-refractivity contribution is 5.05. The van der Waals surface area contributed by atoms with Gasteiger partial charge in [0.1, 0.15) is 0 Å². The van der Waals surface area contributed by atoms with Gasteiger partial charge < -0.3 is 14.4 Å². The highest BCUT2D eigenvalue weighted by Crippen LogP contribution is 2.44. The summed E-state index contributed by atoms with van der Waals surface area (Å²) in [6.45, 7) is 12.5. The van der Waals surface area contributed by atoms with Gasteiger partial charge in [-0.3, -0.25) is 4.90 Å². The van der Waals surface area contributed by atoms with Crippen molar-refractivity contribution in [3.8, 4) is 0 Å². The third-order valence-electron chi connectivity index (χ3n) is 6.57. The number of halogens is 2. The zero-order valence-corrected chi connectivity index (χ0v) is 18.7. The molecule has 6 heteroatoms. The first kappa shape index (κ1) is 22.4. The van der Waals surface area contributed by atoms with Crippen LogP contribution >= 0.6 is 0 Å². The van der Waals surface area contributed by atoms with Gasteiger partial charge in [-0.25, -0.2) is 8.78 Å². The number of rotatable bonds is 10. The van der Waals surface area contributed by atoms with E-state index in [1.807, 2.05) is 18.7 Å². The number of methoxy groups -OCH3 is 1. The summed E-state index contributed by atoms with van der Waals surface area (Å²) < 4.78 is 40.9. The largest absolute Gasteiger partial charge is 0.381 e. The number of hydrogen-bond acceptors (Lipinski definition) is 4. The molecule has 2 aliphatic heterocycles. The Labute approximate surface area is 169 Å². The first-order chi connectivity index (χ1) is 12.8. The molecule has 164 valence electrons. The molecule has 0 atom stereocenters. The van der Waals surface area contributed by atoms with Crippen LogP contribution in [0.3, 0.4) is 0 Å². The van der Waals surface area contributed by atoms with Crippen molar-refractivity contribution in [1.82, 2.24) is 9.80 Å². The molecule has 0 radical (unpaired) electrons. The molecule has 28 heavy (non-hydrogen) atoms. The molecule has 0 bridgehead atoms. The Hall–Kier alpha value is -0.300. The second kappa shape index (κ2) is 7.75. The minimum atomic E-state index is -2.64. The zero-order valence-electron chi connectivity index (χ0n) is 18.7. The average Bonchev–Trinajstić information content (AvgIpc) is 2.38. The second-order valence-corrected chi connectivity index (χ2v) is 11.6. The van der Waals surface area contributed by atoms with Crippen molar-refractivity contribution in [2.45, 2.75) is 71.5 Å². The minimum absolute atomic E-state index is 0.0675. The fourth-order valence-corrected chi connectivity index (χ4v) is 5.99. The summed E-state index contributed by atoms with van der Waals surface area (Å²) in [6, 6.07) is 0. The Balaban J connectivity index is 1.40. The predicted molar refractivity (Wildman–Crippen MR) is 108 cm³/mol. The molecule has 0 amide bonds. The molecular weight excluding hydrogens is 362 g/mol. The number of hydrogen-bond donors (Lipinski definition) is 0. The minimum Gasteiger partial charge on any atom is -0.381 e. The SMILES string of the molecule is COC1CC(OCC(C)(C)CC(C)(C)CC(F)(F)CN2CC3(CN(C)C3)C2)C1. The summed E-state index contributed by atoms with van der Waals surface area (Å²) in [4.78, 5) is 4.21. The van der Waals surface area contributed by atoms with E-state index in [1.54, 1.807) is 7.11 Å². The number of likely N-dealkylation sites (tertiary alicyclic amines) is 2. The highest BCUT2D eigenvalue weighted by atomic mass is 19.3. The highest BCUT2D eigenvalue weighted by Gasteiger charge is 2.52. The molecular formula is C22H40F2N2O2. The molecule has 0 aromatic heterocycles. The van der Waals surface area contributed by atoms with Crippen molar-refractivity contribution in [3.63, 3.8) is 0 Å². The molecule has 0 aromatic carbocycles. The van der Waals surface area contributed by atoms with Gasteiger partial charge in [-0.1, -0.05) is 27.7 Å². The van der Waals surface area contributed by atoms with Crippen LogP contribution in [0.2, 0.25) is 0 Å². The van der Waals surface area contributed by atoms with E-state index >= 15 is 0 Å². The fraction of sp³-hybridized carbons (Fsp3) is 1.00. The summed E-state index contributed by atoms with van der Waals surface area (Å²) in [7, 11) is 3.83. The lowest BCUT2D eigenvalue weighted by Gasteiger charge is -2.60. The first-order valence-electron chi connectivity index (χ1n) is 10.7. The Bertz CT molecular complexity index is 533. The Morgan fingerprint density at radius 3 is 2.07 bits per heavy atom. The maximum atomic E-state index is 14.8. The van der Waals surface area contributed by atoms with E-state index in [4.69, 9.17) is 9.47 Å². The lowest BCUT2D eigenvalue weighted by molar-refractivity contribution is -0.150. The Morgan fingerprint density at radius 2 is 1.54 bits per heavy atom. The lowest BCUT2D eigenvalue weighted by Crippen LogP contribution is -2.72. The quantitative estimate of drug-likeness (QED) is 0.553. The topological polar surface area (TPSA) is 24.9 Å². The number of ether oxygens (including phenoxy) is 2. The van der Waals surface area contributed by atoms with Gasteiger partial charge in [-0.05, 0) is 37.1 Å². The van der Waals surface area contributed by atoms with Crippen LogP contribution < -0.4 is 0 Å². The molecule has 1 aliphatic carbocycles. The molecule has 2 heterocycles. The van der Waals surface area contributed by atoms with Crippen LogP contribution in [0.15, 0.2) is 0 Å². The van der Waals surface area contributed by atoms with E-state index in [0.29, 0.717) is 18.1 Å². The number of alkyl halides is 2. The molecule has 0 unspecified atom stereocenters. The van der Waals surface area contributed by atoms with Gasteiger partial charge in [0.25, 0.3) is 5.92 Å². The Kier molecular flexibility index (Phi) is 6.20. The van der Waals surface area contributed by atoms with Crippen molar-refractivity contribution in [3.05, 3.63) is 0 Å². The standard InChI is InChI=1S/C22H40F2N2O2/c1-19(2,9-20(3,4)16-28-18-7-17(8-18)27-6)10-22(23,24)15-26-13-21(14-26)11-25(5)12-21/h17-18H,7-16H2,1-6H3. The Morgan fingerprint density at radius 1 is 0.929 bits per heavy atom. The molecule has 3 fully saturated rings. The summed E-state index contributed by atoms with van der Waals surface area (Å²) >= 11 is 0. The van der Waals surface area contributed by atoms with Crippen LogP contribution in [0.4, 0.5) is 8.78 Å². The van der Waals surface area contributed by atoms with E-state index in [2.05, 4.69) is 25.8 Å². The van der Waals surface area contributed by atoms with E-state index in [0.717, 1.165) is 45.4 Å². The summed E-state index contributed by atoms with van der Waals surface area (Å²) in [5.41, 5.74) is -0.234. The van der Waals surface area contributed by atoms with Gasteiger partial charge in [0.15, 0.2) is 0 Å². The number of nitrogens with zero attached hydrogens (tertiary/aromatic N) is 2. The molecule has 0 N–H and O–H groups in total. The van der Waals surface area contributed by atoms with Gasteiger partial charge in [0.2, 0.25) is 0 Å². The average molecular weight is 403 g/mol. The van der Waals surface area contributed by atoms with Gasteiger partial charge >= 0.3 is 0 Å². The molecule has 4 nitrogen and oxygen atoms in total. The van der Waals surface area contributed by atoms with Crippen LogP contribution in [-0.2, 0) is 9.47 Å². The van der Waals surface area contributed by atoms with Crippen molar-refractivity contribution >= 4 is 0 Å².